The van der Waals surface area contributed by atoms with Crippen molar-refractivity contribution in [2.75, 3.05) is 6.61 Å². The van der Waals surface area contributed by atoms with Gasteiger partial charge in [0, 0.05) is 18.8 Å². The number of aliphatic hydroxyl groups is 2. The minimum atomic E-state index is -1.24. The van der Waals surface area contributed by atoms with Gasteiger partial charge >= 0.3 is 5.24 Å². The van der Waals surface area contributed by atoms with Crippen LogP contribution >= 0.6 is 12.2 Å². The average Bonchev–Trinajstić information content (AvgIpc) is 2.51. The average molecular weight is 346 g/mol. The van der Waals surface area contributed by atoms with Gasteiger partial charge in [0.05, 0.1) is 6.10 Å². The minimum Gasteiger partial charge on any atom is -0.447 e. The Balaban J connectivity index is 2.00. The highest BCUT2D eigenvalue weighted by atomic mass is 32.1. The number of ether oxygens (including phenoxy) is 4. The van der Waals surface area contributed by atoms with Gasteiger partial charge in [0.25, 0.3) is 0 Å². The Morgan fingerprint density at radius 2 is 1.91 bits per heavy atom. The zero-order valence-electron chi connectivity index (χ0n) is 12.7. The van der Waals surface area contributed by atoms with Crippen molar-refractivity contribution < 1.29 is 33.6 Å². The fraction of sp³-hybridized carbons (Fsp3) is 0.533. The highest BCUT2D eigenvalue weighted by Crippen LogP contribution is 2.25. The summed E-state index contributed by atoms with van der Waals surface area (Å²) in [4.78, 5) is 0. The first-order chi connectivity index (χ1) is 10.9. The molecule has 1 heterocycles. The molecule has 1 aromatic rings. The Kier molecular flexibility index (Phi) is 6.25. The number of benzene rings is 1. The lowest BCUT2D eigenvalue weighted by molar-refractivity contribution is -0.290. The molecule has 1 aromatic carbocycles. The van der Waals surface area contributed by atoms with Gasteiger partial charge in [0.1, 0.15) is 23.8 Å². The van der Waals surface area contributed by atoms with Gasteiger partial charge in [0.2, 0.25) is 0 Å². The lowest BCUT2D eigenvalue weighted by Crippen LogP contribution is -2.59. The molecule has 0 bridgehead atoms. The number of halogens is 1. The van der Waals surface area contributed by atoms with Crippen LogP contribution in [0.15, 0.2) is 24.3 Å². The van der Waals surface area contributed by atoms with Crippen LogP contribution in [0.1, 0.15) is 13.8 Å². The normalized spacial score (nSPS) is 30.7. The van der Waals surface area contributed by atoms with Crippen LogP contribution in [-0.2, 0) is 14.2 Å². The zero-order valence-corrected chi connectivity index (χ0v) is 13.5. The van der Waals surface area contributed by atoms with E-state index >= 15 is 0 Å². The van der Waals surface area contributed by atoms with E-state index in [1.807, 2.05) is 0 Å². The van der Waals surface area contributed by atoms with Gasteiger partial charge < -0.3 is 29.2 Å². The summed E-state index contributed by atoms with van der Waals surface area (Å²) in [5.41, 5.74) is 0. The Morgan fingerprint density at radius 3 is 2.52 bits per heavy atom. The summed E-state index contributed by atoms with van der Waals surface area (Å²) in [6.45, 7) is 3.71. The molecular weight excluding hydrogens is 327 g/mol. The number of hydrogen-bond donors (Lipinski definition) is 2. The second-order valence-electron chi connectivity index (χ2n) is 5.03. The standard InChI is InChI=1S/C15H19FO6S/c1-3-19-14-12(18)13(11(17)8(2)20-14)22-15(23)21-10-6-4-9(16)5-7-10/h4-8,11-14,17-18H,3H2,1-2H3/t8-,11-,12+,13+,14-/m0/s1. The van der Waals surface area contributed by atoms with Crippen LogP contribution < -0.4 is 4.74 Å². The van der Waals surface area contributed by atoms with E-state index < -0.39 is 36.5 Å². The molecule has 128 valence electrons. The fourth-order valence-corrected chi connectivity index (χ4v) is 2.38. The molecule has 2 N–H and O–H groups in total. The summed E-state index contributed by atoms with van der Waals surface area (Å²) >= 11 is 4.96. The van der Waals surface area contributed by atoms with E-state index in [4.69, 9.17) is 31.2 Å². The van der Waals surface area contributed by atoms with E-state index in [-0.39, 0.29) is 11.0 Å². The molecule has 5 atom stereocenters. The van der Waals surface area contributed by atoms with E-state index in [9.17, 15) is 14.6 Å². The van der Waals surface area contributed by atoms with Crippen molar-refractivity contribution >= 4 is 17.5 Å². The predicted octanol–water partition coefficient (Wildman–Crippen LogP) is 1.38. The second-order valence-corrected chi connectivity index (χ2v) is 5.37. The SMILES string of the molecule is CCO[C@H]1O[C@@H](C)[C@H](O)[C@@H](OC(=S)Oc2ccc(F)cc2)[C@H]1O. The summed E-state index contributed by atoms with van der Waals surface area (Å²) in [5, 5.41) is 20.0. The van der Waals surface area contributed by atoms with Crippen LogP contribution in [-0.4, -0.2) is 52.8 Å². The maximum absolute atomic E-state index is 12.8. The van der Waals surface area contributed by atoms with Crippen molar-refractivity contribution in [1.82, 2.24) is 0 Å². The predicted molar refractivity (Wildman–Crippen MR) is 82.5 cm³/mol. The Labute approximate surface area is 138 Å². The van der Waals surface area contributed by atoms with Gasteiger partial charge in [-0.05, 0) is 38.1 Å². The van der Waals surface area contributed by atoms with Crippen molar-refractivity contribution in [3.05, 3.63) is 30.1 Å². The zero-order chi connectivity index (χ0) is 17.0. The van der Waals surface area contributed by atoms with Gasteiger partial charge in [-0.3, -0.25) is 0 Å². The summed E-state index contributed by atoms with van der Waals surface area (Å²) in [6, 6.07) is 5.19. The molecule has 0 aliphatic carbocycles. The molecule has 6 nitrogen and oxygen atoms in total. The molecule has 0 saturated carbocycles. The Hall–Kier alpha value is -1.32. The van der Waals surface area contributed by atoms with Crippen LogP contribution in [0.25, 0.3) is 0 Å². The second kappa shape index (κ2) is 7.98. The third kappa shape index (κ3) is 4.58. The smallest absolute Gasteiger partial charge is 0.358 e. The highest BCUT2D eigenvalue weighted by Gasteiger charge is 2.45. The summed E-state index contributed by atoms with van der Waals surface area (Å²) in [5.74, 6) is -0.130. The Morgan fingerprint density at radius 1 is 1.26 bits per heavy atom. The molecule has 2 rings (SSSR count). The molecule has 0 aromatic heterocycles. The first-order valence-electron chi connectivity index (χ1n) is 7.19. The fourth-order valence-electron chi connectivity index (χ4n) is 2.17. The van der Waals surface area contributed by atoms with Crippen LogP contribution in [0.4, 0.5) is 4.39 Å². The van der Waals surface area contributed by atoms with E-state index in [0.717, 1.165) is 0 Å². The molecule has 1 fully saturated rings. The molecule has 1 aliphatic heterocycles. The molecule has 1 saturated heterocycles. The van der Waals surface area contributed by atoms with E-state index in [1.165, 1.54) is 24.3 Å². The highest BCUT2D eigenvalue weighted by molar-refractivity contribution is 7.79. The molecule has 0 unspecified atom stereocenters. The maximum Gasteiger partial charge on any atom is 0.358 e. The van der Waals surface area contributed by atoms with Crippen molar-refractivity contribution in [1.29, 1.82) is 0 Å². The van der Waals surface area contributed by atoms with Crippen LogP contribution in [0.3, 0.4) is 0 Å². The minimum absolute atomic E-state index is 0.279. The van der Waals surface area contributed by atoms with Crippen molar-refractivity contribution in [2.45, 2.75) is 44.6 Å². The van der Waals surface area contributed by atoms with Crippen molar-refractivity contribution in [2.24, 2.45) is 0 Å². The molecule has 23 heavy (non-hydrogen) atoms. The third-order valence-electron chi connectivity index (χ3n) is 3.36. The number of hydrogen-bond acceptors (Lipinski definition) is 7. The van der Waals surface area contributed by atoms with Crippen molar-refractivity contribution in [3.8, 4) is 5.75 Å². The molecule has 0 spiro atoms. The van der Waals surface area contributed by atoms with Gasteiger partial charge in [-0.15, -0.1) is 0 Å². The number of thiocarbonyl (C=S) groups is 1. The Bertz CT molecular complexity index is 525. The molecule has 0 radical (unpaired) electrons. The number of rotatable bonds is 4. The summed E-state index contributed by atoms with van der Waals surface area (Å²) in [7, 11) is 0. The molecule has 8 heteroatoms. The van der Waals surface area contributed by atoms with Gasteiger partial charge in [-0.1, -0.05) is 0 Å². The quantitative estimate of drug-likeness (QED) is 0.798. The maximum atomic E-state index is 12.8. The van der Waals surface area contributed by atoms with Crippen LogP contribution in [0.2, 0.25) is 0 Å². The molecule has 1 aliphatic rings. The summed E-state index contributed by atoms with van der Waals surface area (Å²) in [6.07, 6.45) is -4.97. The van der Waals surface area contributed by atoms with E-state index in [1.54, 1.807) is 13.8 Å². The number of aliphatic hydroxyl groups excluding tert-OH is 2. The van der Waals surface area contributed by atoms with Crippen LogP contribution in [0, 0.1) is 5.82 Å². The lowest BCUT2D eigenvalue weighted by Gasteiger charge is -2.40. The first kappa shape index (κ1) is 18.0. The summed E-state index contributed by atoms with van der Waals surface area (Å²) < 4.78 is 34.1. The molecule has 0 amide bonds. The first-order valence-corrected chi connectivity index (χ1v) is 7.60. The third-order valence-corrected chi connectivity index (χ3v) is 3.54. The largest absolute Gasteiger partial charge is 0.447 e. The van der Waals surface area contributed by atoms with Gasteiger partial charge in [-0.25, -0.2) is 4.39 Å². The monoisotopic (exact) mass is 346 g/mol. The van der Waals surface area contributed by atoms with E-state index in [0.29, 0.717) is 6.61 Å². The van der Waals surface area contributed by atoms with Gasteiger partial charge in [-0.2, -0.15) is 0 Å². The van der Waals surface area contributed by atoms with Crippen molar-refractivity contribution in [3.63, 3.8) is 0 Å². The topological polar surface area (TPSA) is 77.4 Å². The van der Waals surface area contributed by atoms with E-state index in [2.05, 4.69) is 0 Å². The lowest BCUT2D eigenvalue weighted by atomic mass is 10.00. The van der Waals surface area contributed by atoms with Gasteiger partial charge in [0.15, 0.2) is 12.4 Å². The molecular formula is C15H19FO6S. The van der Waals surface area contributed by atoms with Crippen LogP contribution in [0.5, 0.6) is 5.75 Å².